The molecule has 0 aromatic rings. The minimum absolute atomic E-state index is 0.159. The van der Waals surface area contributed by atoms with Crippen molar-refractivity contribution in [1.29, 1.82) is 0 Å². The summed E-state index contributed by atoms with van der Waals surface area (Å²) >= 11 is 0. The number of nitrogens with zero attached hydrogens (tertiary/aromatic N) is 1. The SMILES string of the molecule is CC(=O)C#CC#CN(C)C. The predicted octanol–water partition coefficient (Wildman–Crippen LogP) is 0.101. The fraction of sp³-hybridized carbons (Fsp3) is 0.375. The van der Waals surface area contributed by atoms with Crippen molar-refractivity contribution in [2.24, 2.45) is 0 Å². The smallest absolute Gasteiger partial charge is 0.203 e. The Balaban J connectivity index is 3.90. The highest BCUT2D eigenvalue weighted by Gasteiger charge is 1.75. The van der Waals surface area contributed by atoms with Crippen LogP contribution in [0.2, 0.25) is 0 Å². The Labute approximate surface area is 61.2 Å². The van der Waals surface area contributed by atoms with Gasteiger partial charge in [-0.1, -0.05) is 0 Å². The maximum atomic E-state index is 10.2. The van der Waals surface area contributed by atoms with Gasteiger partial charge in [0.25, 0.3) is 0 Å². The minimum Gasteiger partial charge on any atom is -0.338 e. The number of ketones is 1. The topological polar surface area (TPSA) is 20.3 Å². The Bertz CT molecular complexity index is 231. The molecule has 0 aliphatic carbocycles. The highest BCUT2D eigenvalue weighted by Crippen LogP contribution is 1.64. The van der Waals surface area contributed by atoms with Crippen LogP contribution in [0.3, 0.4) is 0 Å². The molecule has 0 amide bonds. The first kappa shape index (κ1) is 8.59. The third-order valence-electron chi connectivity index (χ3n) is 0.581. The van der Waals surface area contributed by atoms with Crippen LogP contribution in [0.5, 0.6) is 0 Å². The maximum Gasteiger partial charge on any atom is 0.203 e. The predicted molar refractivity (Wildman–Crippen MR) is 39.9 cm³/mol. The van der Waals surface area contributed by atoms with E-state index in [0.29, 0.717) is 0 Å². The van der Waals surface area contributed by atoms with Crippen LogP contribution in [0.4, 0.5) is 0 Å². The zero-order valence-corrected chi connectivity index (χ0v) is 6.36. The molecule has 0 radical (unpaired) electrons. The van der Waals surface area contributed by atoms with Crippen molar-refractivity contribution < 1.29 is 4.79 Å². The second kappa shape index (κ2) is 4.47. The van der Waals surface area contributed by atoms with E-state index in [9.17, 15) is 4.79 Å². The molecular weight excluding hydrogens is 126 g/mol. The molecule has 0 aromatic heterocycles. The van der Waals surface area contributed by atoms with E-state index in [0.717, 1.165) is 0 Å². The van der Waals surface area contributed by atoms with E-state index in [1.54, 1.807) is 4.90 Å². The molecule has 2 heteroatoms. The van der Waals surface area contributed by atoms with Gasteiger partial charge in [-0.2, -0.15) is 0 Å². The summed E-state index contributed by atoms with van der Waals surface area (Å²) in [6.45, 7) is 1.41. The molecule has 0 heterocycles. The lowest BCUT2D eigenvalue weighted by molar-refractivity contribution is -0.111. The molecule has 0 bridgehead atoms. The van der Waals surface area contributed by atoms with Crippen LogP contribution in [0.1, 0.15) is 6.92 Å². The normalized spacial score (nSPS) is 6.30. The van der Waals surface area contributed by atoms with Gasteiger partial charge in [-0.05, 0) is 11.8 Å². The van der Waals surface area contributed by atoms with Gasteiger partial charge in [0.1, 0.15) is 0 Å². The molecule has 0 saturated carbocycles. The van der Waals surface area contributed by atoms with Gasteiger partial charge < -0.3 is 4.90 Å². The number of carbonyl (C=O) groups excluding carboxylic acids is 1. The maximum absolute atomic E-state index is 10.2. The molecule has 0 fully saturated rings. The summed E-state index contributed by atoms with van der Waals surface area (Å²) in [4.78, 5) is 11.9. The molecule has 2 nitrogen and oxygen atoms in total. The average Bonchev–Trinajstić information content (AvgIpc) is 1.79. The Morgan fingerprint density at radius 1 is 1.30 bits per heavy atom. The summed E-state index contributed by atoms with van der Waals surface area (Å²) in [5, 5.41) is 0. The first-order valence-electron chi connectivity index (χ1n) is 2.82. The van der Waals surface area contributed by atoms with E-state index in [1.165, 1.54) is 6.92 Å². The van der Waals surface area contributed by atoms with E-state index in [2.05, 4.69) is 23.8 Å². The Morgan fingerprint density at radius 3 is 2.30 bits per heavy atom. The second-order valence-electron chi connectivity index (χ2n) is 1.94. The van der Waals surface area contributed by atoms with Gasteiger partial charge >= 0.3 is 0 Å². The summed E-state index contributed by atoms with van der Waals surface area (Å²) in [5.74, 6) is 7.08. The number of hydrogen-bond donors (Lipinski definition) is 0. The van der Waals surface area contributed by atoms with Gasteiger partial charge in [-0.3, -0.25) is 4.79 Å². The number of Topliss-reactive ketones (excluding diaryl/α,β-unsaturated/α-hetero) is 1. The highest BCUT2D eigenvalue weighted by atomic mass is 16.1. The first-order chi connectivity index (χ1) is 4.63. The summed E-state index contributed by atoms with van der Waals surface area (Å²) in [6, 6.07) is 2.66. The summed E-state index contributed by atoms with van der Waals surface area (Å²) in [7, 11) is 3.62. The van der Waals surface area contributed by atoms with Crippen LogP contribution >= 0.6 is 0 Å². The van der Waals surface area contributed by atoms with Crippen molar-refractivity contribution in [2.45, 2.75) is 6.92 Å². The quantitative estimate of drug-likeness (QED) is 0.267. The molecule has 0 unspecified atom stereocenters. The molecule has 0 atom stereocenters. The van der Waals surface area contributed by atoms with Crippen LogP contribution in [0.25, 0.3) is 0 Å². The Hall–Kier alpha value is -1.41. The van der Waals surface area contributed by atoms with Gasteiger partial charge in [-0.25, -0.2) is 0 Å². The summed E-state index contributed by atoms with van der Waals surface area (Å²) < 4.78 is 0. The van der Waals surface area contributed by atoms with Crippen LogP contribution in [-0.2, 0) is 4.79 Å². The third kappa shape index (κ3) is 6.59. The fourth-order valence-corrected chi connectivity index (χ4v) is 0.259. The van der Waals surface area contributed by atoms with E-state index in [-0.39, 0.29) is 5.78 Å². The number of carbonyl (C=O) groups is 1. The molecule has 0 N–H and O–H groups in total. The fourth-order valence-electron chi connectivity index (χ4n) is 0.259. The van der Waals surface area contributed by atoms with Crippen LogP contribution in [0.15, 0.2) is 0 Å². The van der Waals surface area contributed by atoms with E-state index < -0.39 is 0 Å². The molecule has 0 spiro atoms. The van der Waals surface area contributed by atoms with Crippen molar-refractivity contribution in [1.82, 2.24) is 4.90 Å². The second-order valence-corrected chi connectivity index (χ2v) is 1.94. The van der Waals surface area contributed by atoms with Crippen LogP contribution in [-0.4, -0.2) is 24.8 Å². The van der Waals surface area contributed by atoms with Crippen LogP contribution in [0, 0.1) is 23.8 Å². The van der Waals surface area contributed by atoms with E-state index >= 15 is 0 Å². The van der Waals surface area contributed by atoms with Crippen molar-refractivity contribution >= 4 is 5.78 Å². The minimum atomic E-state index is -0.159. The molecule has 0 aliphatic rings. The van der Waals surface area contributed by atoms with E-state index in [4.69, 9.17) is 0 Å². The average molecular weight is 135 g/mol. The Morgan fingerprint density at radius 2 is 1.90 bits per heavy atom. The van der Waals surface area contributed by atoms with Crippen molar-refractivity contribution in [3.05, 3.63) is 0 Å². The molecule has 0 saturated heterocycles. The lowest BCUT2D eigenvalue weighted by atomic mass is 10.4. The molecule has 0 rings (SSSR count). The molecule has 0 aromatic carbocycles. The third-order valence-corrected chi connectivity index (χ3v) is 0.581. The lowest BCUT2D eigenvalue weighted by Gasteiger charge is -1.94. The standard InChI is InChI=1S/C8H9NO/c1-8(10)6-4-5-7-9(2)3/h1-3H3. The largest absolute Gasteiger partial charge is 0.338 e. The van der Waals surface area contributed by atoms with Gasteiger partial charge in [0.2, 0.25) is 5.78 Å². The van der Waals surface area contributed by atoms with Crippen LogP contribution < -0.4 is 0 Å². The van der Waals surface area contributed by atoms with Crippen molar-refractivity contribution in [2.75, 3.05) is 14.1 Å². The molecule has 10 heavy (non-hydrogen) atoms. The van der Waals surface area contributed by atoms with Gasteiger partial charge in [0.05, 0.1) is 0 Å². The van der Waals surface area contributed by atoms with Gasteiger partial charge in [0.15, 0.2) is 0 Å². The van der Waals surface area contributed by atoms with Crippen molar-refractivity contribution in [3.8, 4) is 23.8 Å². The van der Waals surface area contributed by atoms with Gasteiger partial charge in [-0.15, -0.1) is 0 Å². The zero-order chi connectivity index (χ0) is 7.98. The van der Waals surface area contributed by atoms with Crippen molar-refractivity contribution in [3.63, 3.8) is 0 Å². The molecule has 0 aliphatic heterocycles. The van der Waals surface area contributed by atoms with Gasteiger partial charge in [0, 0.05) is 33.0 Å². The number of hydrogen-bond acceptors (Lipinski definition) is 2. The zero-order valence-electron chi connectivity index (χ0n) is 6.36. The first-order valence-corrected chi connectivity index (χ1v) is 2.82. The number of rotatable bonds is 0. The summed E-state index contributed by atoms with van der Waals surface area (Å²) in [6.07, 6.45) is 0. The lowest BCUT2D eigenvalue weighted by Crippen LogP contribution is -2.00. The monoisotopic (exact) mass is 135 g/mol. The highest BCUT2D eigenvalue weighted by molar-refractivity contribution is 5.93. The molecule has 52 valence electrons. The molecular formula is C8H9NO. The summed E-state index contributed by atoms with van der Waals surface area (Å²) in [5.41, 5.74) is 0. The Kier molecular flexibility index (Phi) is 3.84. The van der Waals surface area contributed by atoms with E-state index in [1.807, 2.05) is 14.1 Å².